The van der Waals surface area contributed by atoms with Crippen LogP contribution in [0.4, 0.5) is 0 Å². The summed E-state index contributed by atoms with van der Waals surface area (Å²) in [6.07, 6.45) is 0. The van der Waals surface area contributed by atoms with Gasteiger partial charge in [-0.2, -0.15) is 0 Å². The number of rotatable bonds is 2. The molecule has 0 spiro atoms. The number of halogens is 1. The lowest BCUT2D eigenvalue weighted by Crippen LogP contribution is -2.14. The lowest BCUT2D eigenvalue weighted by molar-refractivity contribution is 0.100. The minimum absolute atomic E-state index is 0.0158. The summed E-state index contributed by atoms with van der Waals surface area (Å²) >= 11 is 3.18. The molecular weight excluding hydrogens is 234 g/mol. The summed E-state index contributed by atoms with van der Waals surface area (Å²) in [4.78, 5) is 11.3. The molecule has 0 unspecified atom stereocenters. The molecule has 0 aliphatic carbocycles. The Labute approximate surface area is 84.7 Å². The second-order valence-corrected chi connectivity index (χ2v) is 3.49. The van der Waals surface area contributed by atoms with Crippen molar-refractivity contribution in [2.75, 3.05) is 6.54 Å². The molecule has 1 rings (SSSR count). The first kappa shape index (κ1) is 10.2. The van der Waals surface area contributed by atoms with Crippen molar-refractivity contribution in [2.45, 2.75) is 6.92 Å². The number of phenols is 1. The van der Waals surface area contributed by atoms with Crippen molar-refractivity contribution in [3.8, 4) is 5.75 Å². The van der Waals surface area contributed by atoms with E-state index in [2.05, 4.69) is 15.9 Å². The Morgan fingerprint density at radius 1 is 1.62 bits per heavy atom. The Hall–Kier alpha value is -0.870. The highest BCUT2D eigenvalue weighted by atomic mass is 79.9. The molecule has 13 heavy (non-hydrogen) atoms. The average Bonchev–Trinajstić information content (AvgIpc) is 2.13. The number of benzene rings is 1. The minimum atomic E-state index is -0.127. The molecule has 0 radical (unpaired) electrons. The molecule has 3 N–H and O–H groups in total. The van der Waals surface area contributed by atoms with Crippen LogP contribution in [0.25, 0.3) is 0 Å². The summed E-state index contributed by atoms with van der Waals surface area (Å²) < 4.78 is 0.548. The molecule has 0 amide bonds. The zero-order valence-electron chi connectivity index (χ0n) is 7.17. The van der Waals surface area contributed by atoms with E-state index in [4.69, 9.17) is 5.73 Å². The number of aromatic hydroxyl groups is 1. The number of carbonyl (C=O) groups excluding carboxylic acids is 1. The van der Waals surface area contributed by atoms with Crippen LogP contribution < -0.4 is 5.73 Å². The fourth-order valence-electron chi connectivity index (χ4n) is 1.08. The summed E-state index contributed by atoms with van der Waals surface area (Å²) in [6, 6.07) is 3.05. The van der Waals surface area contributed by atoms with Crippen molar-refractivity contribution in [3.05, 3.63) is 27.7 Å². The Morgan fingerprint density at radius 2 is 2.23 bits per heavy atom. The molecule has 0 bridgehead atoms. The van der Waals surface area contributed by atoms with Gasteiger partial charge in [-0.05, 0) is 40.5 Å². The van der Waals surface area contributed by atoms with Gasteiger partial charge in [-0.1, -0.05) is 0 Å². The third-order valence-electron chi connectivity index (χ3n) is 1.85. The van der Waals surface area contributed by atoms with Gasteiger partial charge in [0.2, 0.25) is 0 Å². The molecule has 4 heteroatoms. The van der Waals surface area contributed by atoms with E-state index in [0.717, 1.165) is 5.56 Å². The van der Waals surface area contributed by atoms with Crippen molar-refractivity contribution in [2.24, 2.45) is 5.73 Å². The fourth-order valence-corrected chi connectivity index (χ4v) is 1.43. The molecular formula is C9H10BrNO2. The molecule has 0 atom stereocenters. The molecule has 0 heterocycles. The summed E-state index contributed by atoms with van der Waals surface area (Å²) in [5.41, 5.74) is 6.50. The second kappa shape index (κ2) is 3.89. The number of phenolic OH excluding ortho intramolecular Hbond substituents is 1. The topological polar surface area (TPSA) is 63.3 Å². The summed E-state index contributed by atoms with van der Waals surface area (Å²) in [6.45, 7) is 1.74. The first-order valence-electron chi connectivity index (χ1n) is 3.79. The predicted octanol–water partition coefficient (Wildman–Crippen LogP) is 1.60. The van der Waals surface area contributed by atoms with Crippen LogP contribution in [-0.4, -0.2) is 17.4 Å². The van der Waals surface area contributed by atoms with E-state index < -0.39 is 0 Å². The van der Waals surface area contributed by atoms with Gasteiger partial charge in [0.1, 0.15) is 5.75 Å². The first-order chi connectivity index (χ1) is 6.07. The maximum atomic E-state index is 11.3. The second-order valence-electron chi connectivity index (χ2n) is 2.70. The van der Waals surface area contributed by atoms with Gasteiger partial charge in [0, 0.05) is 5.56 Å². The van der Waals surface area contributed by atoms with Gasteiger partial charge in [-0.3, -0.25) is 4.79 Å². The van der Waals surface area contributed by atoms with Gasteiger partial charge >= 0.3 is 0 Å². The standard InChI is InChI=1S/C9H10BrNO2/c1-5-6(8(13)4-11)2-3-7(12)9(5)10/h2-3,12H,4,11H2,1H3. The molecule has 70 valence electrons. The minimum Gasteiger partial charge on any atom is -0.507 e. The third kappa shape index (κ3) is 1.89. The van der Waals surface area contributed by atoms with E-state index in [1.54, 1.807) is 13.0 Å². The van der Waals surface area contributed by atoms with Crippen LogP contribution >= 0.6 is 15.9 Å². The molecule has 0 saturated heterocycles. The number of ketones is 1. The van der Waals surface area contributed by atoms with Crippen LogP contribution in [0.2, 0.25) is 0 Å². The lowest BCUT2D eigenvalue weighted by atomic mass is 10.0. The van der Waals surface area contributed by atoms with Gasteiger partial charge in [-0.25, -0.2) is 0 Å². The number of hydrogen-bond acceptors (Lipinski definition) is 3. The Balaban J connectivity index is 3.26. The van der Waals surface area contributed by atoms with E-state index in [1.807, 2.05) is 0 Å². The molecule has 0 aromatic heterocycles. The van der Waals surface area contributed by atoms with Crippen molar-refractivity contribution in [1.29, 1.82) is 0 Å². The number of nitrogens with two attached hydrogens (primary N) is 1. The highest BCUT2D eigenvalue weighted by Crippen LogP contribution is 2.29. The van der Waals surface area contributed by atoms with Gasteiger partial charge in [0.25, 0.3) is 0 Å². The largest absolute Gasteiger partial charge is 0.507 e. The highest BCUT2D eigenvalue weighted by Gasteiger charge is 2.11. The summed E-state index contributed by atoms with van der Waals surface area (Å²) in [5.74, 6) is 0.00396. The van der Waals surface area contributed by atoms with Crippen LogP contribution in [0, 0.1) is 6.92 Å². The molecule has 0 fully saturated rings. The van der Waals surface area contributed by atoms with Crippen molar-refractivity contribution in [1.82, 2.24) is 0 Å². The Kier molecular flexibility index (Phi) is 3.06. The Bertz CT molecular complexity index is 350. The maximum absolute atomic E-state index is 11.3. The summed E-state index contributed by atoms with van der Waals surface area (Å²) in [5, 5.41) is 9.29. The fraction of sp³-hybridized carbons (Fsp3) is 0.222. The normalized spacial score (nSPS) is 10.1. The van der Waals surface area contributed by atoms with Crippen LogP contribution in [0.3, 0.4) is 0 Å². The van der Waals surface area contributed by atoms with E-state index in [1.165, 1.54) is 6.07 Å². The van der Waals surface area contributed by atoms with E-state index in [0.29, 0.717) is 10.0 Å². The van der Waals surface area contributed by atoms with Gasteiger partial charge in [-0.15, -0.1) is 0 Å². The zero-order valence-corrected chi connectivity index (χ0v) is 8.76. The maximum Gasteiger partial charge on any atom is 0.176 e. The van der Waals surface area contributed by atoms with Crippen molar-refractivity contribution >= 4 is 21.7 Å². The van der Waals surface area contributed by atoms with Crippen LogP contribution in [-0.2, 0) is 0 Å². The van der Waals surface area contributed by atoms with Crippen LogP contribution in [0.1, 0.15) is 15.9 Å². The predicted molar refractivity (Wildman–Crippen MR) is 53.9 cm³/mol. The highest BCUT2D eigenvalue weighted by molar-refractivity contribution is 9.10. The number of hydrogen-bond donors (Lipinski definition) is 2. The molecule has 0 saturated carbocycles. The van der Waals surface area contributed by atoms with E-state index in [9.17, 15) is 9.90 Å². The Morgan fingerprint density at radius 3 is 2.77 bits per heavy atom. The monoisotopic (exact) mass is 243 g/mol. The van der Waals surface area contributed by atoms with E-state index in [-0.39, 0.29) is 18.1 Å². The average molecular weight is 244 g/mol. The van der Waals surface area contributed by atoms with Gasteiger partial charge in [0.05, 0.1) is 11.0 Å². The zero-order chi connectivity index (χ0) is 10.0. The quantitative estimate of drug-likeness (QED) is 0.776. The van der Waals surface area contributed by atoms with Gasteiger partial charge in [0.15, 0.2) is 5.78 Å². The number of carbonyl (C=O) groups is 1. The molecule has 3 nitrogen and oxygen atoms in total. The lowest BCUT2D eigenvalue weighted by Gasteiger charge is -2.06. The third-order valence-corrected chi connectivity index (χ3v) is 2.85. The van der Waals surface area contributed by atoms with Crippen molar-refractivity contribution < 1.29 is 9.90 Å². The SMILES string of the molecule is Cc1c(C(=O)CN)ccc(O)c1Br. The summed E-state index contributed by atoms with van der Waals surface area (Å²) in [7, 11) is 0. The molecule has 0 aliphatic rings. The smallest absolute Gasteiger partial charge is 0.176 e. The van der Waals surface area contributed by atoms with Crippen LogP contribution in [0.5, 0.6) is 5.75 Å². The molecule has 0 aliphatic heterocycles. The molecule has 1 aromatic rings. The first-order valence-corrected chi connectivity index (χ1v) is 4.58. The van der Waals surface area contributed by atoms with Gasteiger partial charge < -0.3 is 10.8 Å². The molecule has 1 aromatic carbocycles. The van der Waals surface area contributed by atoms with Crippen LogP contribution in [0.15, 0.2) is 16.6 Å². The number of Topliss-reactive ketones (excluding diaryl/α,β-unsaturated/α-hetero) is 1. The van der Waals surface area contributed by atoms with E-state index >= 15 is 0 Å². The van der Waals surface area contributed by atoms with Crippen molar-refractivity contribution in [3.63, 3.8) is 0 Å².